The van der Waals surface area contributed by atoms with E-state index in [0.29, 0.717) is 0 Å². The van der Waals surface area contributed by atoms with Gasteiger partial charge in [0.1, 0.15) is 5.69 Å². The van der Waals surface area contributed by atoms with Crippen LogP contribution in [0.2, 0.25) is 0 Å². The molecule has 1 aromatic rings. The number of nitrogens with zero attached hydrogens (tertiary/aromatic N) is 2. The Balaban J connectivity index is 2.60. The van der Waals surface area contributed by atoms with Crippen molar-refractivity contribution in [1.82, 2.24) is 5.32 Å². The molecule has 0 unspecified atom stereocenters. The molecule has 1 aromatic carbocycles. The van der Waals surface area contributed by atoms with E-state index in [2.05, 4.69) is 21.2 Å². The van der Waals surface area contributed by atoms with Gasteiger partial charge in [-0.1, -0.05) is 6.07 Å². The molecular formula is C8H6BrN2O. The van der Waals surface area contributed by atoms with Crippen molar-refractivity contribution >= 4 is 33.3 Å². The summed E-state index contributed by atoms with van der Waals surface area (Å²) in [6.45, 7) is 0. The Morgan fingerprint density at radius 2 is 2.25 bits per heavy atom. The number of hydrogen-bond donors (Lipinski definition) is 0. The van der Waals surface area contributed by atoms with Gasteiger partial charge in [0.2, 0.25) is 0 Å². The second-order valence-electron chi connectivity index (χ2n) is 2.56. The first-order valence-corrected chi connectivity index (χ1v) is 4.27. The average molecular weight is 226 g/mol. The second-order valence-corrected chi connectivity index (χ2v) is 3.42. The molecule has 0 bridgehead atoms. The molecule has 0 N–H and O–H groups in total. The minimum absolute atomic E-state index is 0.211. The smallest absolute Gasteiger partial charge is 0.293 e. The highest BCUT2D eigenvalue weighted by molar-refractivity contribution is 9.10. The van der Waals surface area contributed by atoms with Crippen LogP contribution in [0, 0.1) is 0 Å². The molecule has 1 aliphatic rings. The standard InChI is InChI=1S/C8H6BrN2O/c1-11-6-4-2-3-5(9)7(6)10-8(11)12/h2-4H,1H3. The molecular weight excluding hydrogens is 220 g/mol. The van der Waals surface area contributed by atoms with Gasteiger partial charge in [-0.05, 0) is 28.1 Å². The van der Waals surface area contributed by atoms with Gasteiger partial charge in [-0.25, -0.2) is 4.79 Å². The van der Waals surface area contributed by atoms with Crippen molar-refractivity contribution < 1.29 is 4.79 Å². The van der Waals surface area contributed by atoms with E-state index in [4.69, 9.17) is 0 Å². The maximum absolute atomic E-state index is 11.1. The first-order valence-electron chi connectivity index (χ1n) is 3.48. The average Bonchev–Trinajstić information content (AvgIpc) is 2.32. The normalized spacial score (nSPS) is 14.5. The first kappa shape index (κ1) is 7.61. The third-order valence-corrected chi connectivity index (χ3v) is 2.46. The summed E-state index contributed by atoms with van der Waals surface area (Å²) < 4.78 is 0.859. The zero-order chi connectivity index (χ0) is 8.72. The minimum Gasteiger partial charge on any atom is -0.293 e. The molecule has 0 saturated carbocycles. The molecule has 1 radical (unpaired) electrons. The molecule has 61 valence electrons. The van der Waals surface area contributed by atoms with Crippen LogP contribution >= 0.6 is 15.9 Å². The number of benzene rings is 1. The minimum atomic E-state index is -0.211. The quantitative estimate of drug-likeness (QED) is 0.668. The summed E-state index contributed by atoms with van der Waals surface area (Å²) in [5, 5.41) is 3.87. The molecule has 1 aliphatic heterocycles. The van der Waals surface area contributed by atoms with Crippen molar-refractivity contribution in [3.05, 3.63) is 22.7 Å². The van der Waals surface area contributed by atoms with E-state index in [1.165, 1.54) is 4.90 Å². The van der Waals surface area contributed by atoms with Gasteiger partial charge < -0.3 is 0 Å². The van der Waals surface area contributed by atoms with Gasteiger partial charge in [0.15, 0.2) is 0 Å². The van der Waals surface area contributed by atoms with Gasteiger partial charge in [-0.15, -0.1) is 0 Å². The summed E-state index contributed by atoms with van der Waals surface area (Å²) in [5.74, 6) is 0. The Morgan fingerprint density at radius 3 is 2.92 bits per heavy atom. The Morgan fingerprint density at radius 1 is 1.50 bits per heavy atom. The number of halogens is 1. The molecule has 2 rings (SSSR count). The van der Waals surface area contributed by atoms with Crippen LogP contribution in [0.5, 0.6) is 0 Å². The van der Waals surface area contributed by atoms with Gasteiger partial charge in [0.05, 0.1) is 5.69 Å². The first-order chi connectivity index (χ1) is 5.70. The summed E-state index contributed by atoms with van der Waals surface area (Å²) in [7, 11) is 1.71. The molecule has 2 amide bonds. The van der Waals surface area contributed by atoms with Crippen LogP contribution in [-0.4, -0.2) is 13.1 Å². The number of carbonyl (C=O) groups excluding carboxylic acids is 1. The number of anilines is 1. The fraction of sp³-hybridized carbons (Fsp3) is 0.125. The van der Waals surface area contributed by atoms with Crippen LogP contribution in [0.15, 0.2) is 22.7 Å². The van der Waals surface area contributed by atoms with Crippen molar-refractivity contribution in [2.45, 2.75) is 0 Å². The van der Waals surface area contributed by atoms with Crippen molar-refractivity contribution in [3.63, 3.8) is 0 Å². The Labute approximate surface area is 78.5 Å². The Bertz CT molecular complexity index is 351. The summed E-state index contributed by atoms with van der Waals surface area (Å²) in [5.41, 5.74) is 1.58. The number of urea groups is 1. The fourth-order valence-electron chi connectivity index (χ4n) is 1.16. The molecule has 3 nitrogen and oxygen atoms in total. The van der Waals surface area contributed by atoms with Crippen molar-refractivity contribution in [2.24, 2.45) is 0 Å². The molecule has 12 heavy (non-hydrogen) atoms. The fourth-order valence-corrected chi connectivity index (χ4v) is 1.60. The van der Waals surface area contributed by atoms with Gasteiger partial charge in [-0.2, -0.15) is 5.32 Å². The predicted molar refractivity (Wildman–Crippen MR) is 49.7 cm³/mol. The lowest BCUT2D eigenvalue weighted by atomic mass is 10.3. The van der Waals surface area contributed by atoms with Gasteiger partial charge in [0, 0.05) is 11.5 Å². The number of fused-ring (bicyclic) bond motifs is 1. The molecule has 0 aromatic heterocycles. The van der Waals surface area contributed by atoms with Gasteiger partial charge >= 0.3 is 6.03 Å². The van der Waals surface area contributed by atoms with Crippen LogP contribution in [0.3, 0.4) is 0 Å². The molecule has 4 heteroatoms. The molecule has 0 atom stereocenters. The van der Waals surface area contributed by atoms with Gasteiger partial charge in [0.25, 0.3) is 0 Å². The van der Waals surface area contributed by atoms with Crippen LogP contribution in [-0.2, 0) is 0 Å². The third-order valence-electron chi connectivity index (χ3n) is 1.82. The van der Waals surface area contributed by atoms with Crippen molar-refractivity contribution in [3.8, 4) is 0 Å². The van der Waals surface area contributed by atoms with Crippen LogP contribution in [0.1, 0.15) is 0 Å². The van der Waals surface area contributed by atoms with Crippen molar-refractivity contribution in [1.29, 1.82) is 0 Å². The topological polar surface area (TPSA) is 34.4 Å². The summed E-state index contributed by atoms with van der Waals surface area (Å²) in [6, 6.07) is 5.41. The largest absolute Gasteiger partial charge is 0.348 e. The number of para-hydroxylation sites is 1. The highest BCUT2D eigenvalue weighted by atomic mass is 79.9. The maximum Gasteiger partial charge on any atom is 0.348 e. The lowest BCUT2D eigenvalue weighted by Crippen LogP contribution is -2.22. The second kappa shape index (κ2) is 2.48. The van der Waals surface area contributed by atoms with E-state index in [-0.39, 0.29) is 6.03 Å². The number of amides is 2. The van der Waals surface area contributed by atoms with Crippen molar-refractivity contribution in [2.75, 3.05) is 11.9 Å². The van der Waals surface area contributed by atoms with E-state index in [1.807, 2.05) is 18.2 Å². The zero-order valence-electron chi connectivity index (χ0n) is 6.41. The lowest BCUT2D eigenvalue weighted by molar-refractivity contribution is 0.252. The Hall–Kier alpha value is -1.03. The molecule has 0 spiro atoms. The zero-order valence-corrected chi connectivity index (χ0v) is 8.00. The molecule has 1 heterocycles. The summed E-state index contributed by atoms with van der Waals surface area (Å²) in [6.07, 6.45) is 0. The van der Waals surface area contributed by atoms with E-state index < -0.39 is 0 Å². The van der Waals surface area contributed by atoms with E-state index in [0.717, 1.165) is 15.8 Å². The maximum atomic E-state index is 11.1. The van der Waals surface area contributed by atoms with E-state index in [9.17, 15) is 4.79 Å². The number of rotatable bonds is 0. The van der Waals surface area contributed by atoms with E-state index in [1.54, 1.807) is 7.05 Å². The number of carbonyl (C=O) groups is 1. The number of hydrogen-bond acceptors (Lipinski definition) is 1. The van der Waals surface area contributed by atoms with Crippen LogP contribution in [0.25, 0.3) is 0 Å². The molecule has 0 aliphatic carbocycles. The third kappa shape index (κ3) is 0.914. The monoisotopic (exact) mass is 225 g/mol. The van der Waals surface area contributed by atoms with Gasteiger partial charge in [-0.3, -0.25) is 4.90 Å². The highest BCUT2D eigenvalue weighted by Gasteiger charge is 2.26. The lowest BCUT2D eigenvalue weighted by Gasteiger charge is -2.06. The summed E-state index contributed by atoms with van der Waals surface area (Å²) >= 11 is 3.33. The predicted octanol–water partition coefficient (Wildman–Crippen LogP) is 2.25. The van der Waals surface area contributed by atoms with E-state index >= 15 is 0 Å². The summed E-state index contributed by atoms with van der Waals surface area (Å²) in [4.78, 5) is 12.6. The Kier molecular flexibility index (Phi) is 1.58. The van der Waals surface area contributed by atoms with Crippen LogP contribution < -0.4 is 10.2 Å². The SMILES string of the molecule is CN1C(=O)[N]c2c(Br)cccc21. The molecule has 0 saturated heterocycles. The van der Waals surface area contributed by atoms with Crippen LogP contribution in [0.4, 0.5) is 16.2 Å². The highest BCUT2D eigenvalue weighted by Crippen LogP contribution is 2.37. The molecule has 0 fully saturated rings.